The summed E-state index contributed by atoms with van der Waals surface area (Å²) in [5, 5.41) is 20.3. The maximum Gasteiger partial charge on any atom is 0.258 e. The van der Waals surface area contributed by atoms with Crippen LogP contribution in [0.2, 0.25) is 0 Å². The Morgan fingerprint density at radius 1 is 1.53 bits per heavy atom. The molecule has 0 aliphatic carbocycles. The molecule has 0 saturated heterocycles. The highest BCUT2D eigenvalue weighted by Gasteiger charge is 2.09. The van der Waals surface area contributed by atoms with Gasteiger partial charge < -0.3 is 15.2 Å². The maximum atomic E-state index is 11.6. The van der Waals surface area contributed by atoms with Crippen LogP contribution in [0.25, 0.3) is 0 Å². The van der Waals surface area contributed by atoms with Crippen LogP contribution in [0.1, 0.15) is 25.3 Å². The van der Waals surface area contributed by atoms with Crippen molar-refractivity contribution in [2.45, 2.75) is 25.8 Å². The van der Waals surface area contributed by atoms with Gasteiger partial charge in [-0.15, -0.1) is 0 Å². The summed E-state index contributed by atoms with van der Waals surface area (Å²) in [6.07, 6.45) is 1.37. The summed E-state index contributed by atoms with van der Waals surface area (Å²) in [7, 11) is 0. The van der Waals surface area contributed by atoms with Crippen molar-refractivity contribution >= 4 is 5.91 Å². The molecular formula is C14H18N2O3. The van der Waals surface area contributed by atoms with Crippen molar-refractivity contribution in [1.82, 2.24) is 5.32 Å². The molecule has 0 spiro atoms. The minimum atomic E-state index is -0.238. The van der Waals surface area contributed by atoms with Gasteiger partial charge >= 0.3 is 0 Å². The molecule has 1 unspecified atom stereocenters. The second kappa shape index (κ2) is 8.11. The third kappa shape index (κ3) is 5.40. The molecule has 0 bridgehead atoms. The molecule has 5 nitrogen and oxygen atoms in total. The number of rotatable bonds is 7. The van der Waals surface area contributed by atoms with Gasteiger partial charge in [0, 0.05) is 12.6 Å². The van der Waals surface area contributed by atoms with E-state index in [9.17, 15) is 4.79 Å². The zero-order chi connectivity index (χ0) is 14.1. The Balaban J connectivity index is 2.40. The van der Waals surface area contributed by atoms with Crippen molar-refractivity contribution in [3.8, 4) is 11.8 Å². The highest BCUT2D eigenvalue weighted by Crippen LogP contribution is 2.16. The summed E-state index contributed by atoms with van der Waals surface area (Å²) in [5.74, 6) is 0.168. The number of aliphatic hydroxyl groups is 1. The number of ether oxygens (including phenoxy) is 1. The second-order valence-corrected chi connectivity index (χ2v) is 4.23. The van der Waals surface area contributed by atoms with Gasteiger partial charge in [-0.05, 0) is 31.9 Å². The second-order valence-electron chi connectivity index (χ2n) is 4.23. The molecule has 5 heteroatoms. The Hall–Kier alpha value is -2.06. The predicted molar refractivity (Wildman–Crippen MR) is 70.6 cm³/mol. The molecule has 102 valence electrons. The van der Waals surface area contributed by atoms with Gasteiger partial charge in [0.05, 0.1) is 5.56 Å². The Morgan fingerprint density at radius 3 is 2.95 bits per heavy atom. The molecule has 0 aromatic heterocycles. The Morgan fingerprint density at radius 2 is 2.26 bits per heavy atom. The summed E-state index contributed by atoms with van der Waals surface area (Å²) in [6, 6.07) is 8.77. The number of nitrogens with zero attached hydrogens (tertiary/aromatic N) is 1. The molecule has 1 rings (SSSR count). The lowest BCUT2D eigenvalue weighted by atomic mass is 10.2. The fourth-order valence-corrected chi connectivity index (χ4v) is 1.61. The quantitative estimate of drug-likeness (QED) is 0.774. The average Bonchev–Trinajstić information content (AvgIpc) is 2.43. The number of carbonyl (C=O) groups excluding carboxylic acids is 1. The molecule has 0 heterocycles. The van der Waals surface area contributed by atoms with Crippen LogP contribution in [0.5, 0.6) is 5.75 Å². The first kappa shape index (κ1) is 15.0. The zero-order valence-corrected chi connectivity index (χ0v) is 10.9. The van der Waals surface area contributed by atoms with Crippen molar-refractivity contribution in [1.29, 1.82) is 5.26 Å². The summed E-state index contributed by atoms with van der Waals surface area (Å²) in [6.45, 7) is 1.87. The van der Waals surface area contributed by atoms with Crippen molar-refractivity contribution < 1.29 is 14.6 Å². The lowest BCUT2D eigenvalue weighted by Gasteiger charge is -2.13. The first-order chi connectivity index (χ1) is 9.17. The molecule has 0 aliphatic rings. The molecule has 2 N–H and O–H groups in total. The third-order valence-corrected chi connectivity index (χ3v) is 2.57. The molecule has 0 saturated carbocycles. The number of para-hydroxylation sites is 1. The molecular weight excluding hydrogens is 244 g/mol. The van der Waals surface area contributed by atoms with Crippen LogP contribution in [-0.2, 0) is 4.79 Å². The first-order valence-corrected chi connectivity index (χ1v) is 6.19. The summed E-state index contributed by atoms with van der Waals surface area (Å²) >= 11 is 0. The van der Waals surface area contributed by atoms with E-state index in [0.717, 1.165) is 6.42 Å². The smallest absolute Gasteiger partial charge is 0.258 e. The van der Waals surface area contributed by atoms with Gasteiger partial charge in [-0.2, -0.15) is 5.26 Å². The Kier molecular flexibility index (Phi) is 6.41. The van der Waals surface area contributed by atoms with Crippen LogP contribution < -0.4 is 10.1 Å². The van der Waals surface area contributed by atoms with Gasteiger partial charge in [-0.25, -0.2) is 0 Å². The highest BCUT2D eigenvalue weighted by molar-refractivity contribution is 5.77. The van der Waals surface area contributed by atoms with Crippen LogP contribution in [0.3, 0.4) is 0 Å². The SMILES string of the molecule is CC(CCCO)NC(=O)COc1ccccc1C#N. The van der Waals surface area contributed by atoms with Crippen LogP contribution in [0.15, 0.2) is 24.3 Å². The minimum absolute atomic E-state index is 0.00513. The van der Waals surface area contributed by atoms with Crippen LogP contribution >= 0.6 is 0 Å². The van der Waals surface area contributed by atoms with Gasteiger partial charge in [0.2, 0.25) is 0 Å². The number of amides is 1. The summed E-state index contributed by atoms with van der Waals surface area (Å²) < 4.78 is 5.31. The number of hydrogen-bond acceptors (Lipinski definition) is 4. The molecule has 0 aliphatic heterocycles. The van der Waals surface area contributed by atoms with Crippen molar-refractivity contribution in [2.24, 2.45) is 0 Å². The monoisotopic (exact) mass is 262 g/mol. The van der Waals surface area contributed by atoms with Crippen LogP contribution in [-0.4, -0.2) is 30.3 Å². The first-order valence-electron chi connectivity index (χ1n) is 6.19. The topological polar surface area (TPSA) is 82.3 Å². The molecule has 1 aromatic carbocycles. The molecule has 1 aromatic rings. The number of aliphatic hydroxyl groups excluding tert-OH is 1. The van der Waals surface area contributed by atoms with Gasteiger partial charge in [0.25, 0.3) is 5.91 Å². The van der Waals surface area contributed by atoms with E-state index < -0.39 is 0 Å². The van der Waals surface area contributed by atoms with E-state index in [1.807, 2.05) is 13.0 Å². The third-order valence-electron chi connectivity index (χ3n) is 2.57. The normalized spacial score (nSPS) is 11.4. The fraction of sp³-hybridized carbons (Fsp3) is 0.429. The van der Waals surface area contributed by atoms with Gasteiger partial charge in [-0.3, -0.25) is 4.79 Å². The molecule has 1 atom stereocenters. The molecule has 19 heavy (non-hydrogen) atoms. The zero-order valence-electron chi connectivity index (χ0n) is 10.9. The predicted octanol–water partition coefficient (Wildman–Crippen LogP) is 1.21. The van der Waals surface area contributed by atoms with E-state index in [1.165, 1.54) is 0 Å². The number of hydrogen-bond donors (Lipinski definition) is 2. The molecule has 1 amide bonds. The maximum absolute atomic E-state index is 11.6. The molecule has 0 fully saturated rings. The number of benzene rings is 1. The van der Waals surface area contributed by atoms with Crippen molar-refractivity contribution in [2.75, 3.05) is 13.2 Å². The van der Waals surface area contributed by atoms with E-state index in [4.69, 9.17) is 15.1 Å². The minimum Gasteiger partial charge on any atom is -0.482 e. The standard InChI is InChI=1S/C14H18N2O3/c1-11(5-4-8-17)16-14(18)10-19-13-7-3-2-6-12(13)9-15/h2-3,6-7,11,17H,4-5,8,10H2,1H3,(H,16,18). The Bertz CT molecular complexity index is 454. The molecule has 0 radical (unpaired) electrons. The van der Waals surface area contributed by atoms with E-state index in [1.54, 1.807) is 24.3 Å². The van der Waals surface area contributed by atoms with Crippen LogP contribution in [0, 0.1) is 11.3 Å². The lowest BCUT2D eigenvalue weighted by Crippen LogP contribution is -2.36. The van der Waals surface area contributed by atoms with E-state index in [0.29, 0.717) is 17.7 Å². The number of nitrogens with one attached hydrogen (secondary N) is 1. The van der Waals surface area contributed by atoms with Gasteiger partial charge in [-0.1, -0.05) is 12.1 Å². The van der Waals surface area contributed by atoms with Crippen molar-refractivity contribution in [3.05, 3.63) is 29.8 Å². The number of nitriles is 1. The van der Waals surface area contributed by atoms with E-state index in [2.05, 4.69) is 5.32 Å². The van der Waals surface area contributed by atoms with E-state index in [-0.39, 0.29) is 25.2 Å². The van der Waals surface area contributed by atoms with Gasteiger partial charge in [0.15, 0.2) is 6.61 Å². The van der Waals surface area contributed by atoms with Crippen molar-refractivity contribution in [3.63, 3.8) is 0 Å². The van der Waals surface area contributed by atoms with Crippen LogP contribution in [0.4, 0.5) is 0 Å². The summed E-state index contributed by atoms with van der Waals surface area (Å²) in [5.41, 5.74) is 0.406. The lowest BCUT2D eigenvalue weighted by molar-refractivity contribution is -0.123. The summed E-state index contributed by atoms with van der Waals surface area (Å²) in [4.78, 5) is 11.6. The van der Waals surface area contributed by atoms with E-state index >= 15 is 0 Å². The average molecular weight is 262 g/mol. The Labute approximate surface area is 112 Å². The number of carbonyl (C=O) groups is 1. The largest absolute Gasteiger partial charge is 0.482 e. The fourth-order valence-electron chi connectivity index (χ4n) is 1.61. The highest BCUT2D eigenvalue weighted by atomic mass is 16.5. The van der Waals surface area contributed by atoms with Gasteiger partial charge in [0.1, 0.15) is 11.8 Å².